The van der Waals surface area contributed by atoms with Crippen molar-refractivity contribution in [2.75, 3.05) is 33.3 Å². The number of likely N-dealkylation sites (N-methyl/N-ethyl adjacent to an activating group) is 1. The van der Waals surface area contributed by atoms with E-state index in [4.69, 9.17) is 4.74 Å². The molecule has 1 aliphatic heterocycles. The average Bonchev–Trinajstić information content (AvgIpc) is 2.98. The molecular weight excluding hydrogens is 188 g/mol. The van der Waals surface area contributed by atoms with Gasteiger partial charge in [-0.1, -0.05) is 6.92 Å². The summed E-state index contributed by atoms with van der Waals surface area (Å²) in [4.78, 5) is 2.61. The van der Waals surface area contributed by atoms with Crippen molar-refractivity contribution in [1.82, 2.24) is 10.2 Å². The summed E-state index contributed by atoms with van der Waals surface area (Å²) < 4.78 is 5.73. The normalized spacial score (nSPS) is 32.6. The van der Waals surface area contributed by atoms with Crippen molar-refractivity contribution < 1.29 is 4.74 Å². The average molecular weight is 212 g/mol. The molecule has 2 aliphatic rings. The lowest BCUT2D eigenvalue weighted by Gasteiger charge is -2.39. The van der Waals surface area contributed by atoms with Gasteiger partial charge in [0, 0.05) is 25.7 Å². The molecule has 1 saturated carbocycles. The van der Waals surface area contributed by atoms with Gasteiger partial charge in [0.05, 0.1) is 12.7 Å². The molecule has 2 unspecified atom stereocenters. The van der Waals surface area contributed by atoms with Gasteiger partial charge in [0.25, 0.3) is 0 Å². The number of nitrogens with one attached hydrogen (secondary N) is 1. The number of hydrogen-bond acceptors (Lipinski definition) is 3. The molecular formula is C12H24N2O. The number of rotatable bonds is 4. The van der Waals surface area contributed by atoms with Crippen LogP contribution in [-0.2, 0) is 4.74 Å². The zero-order valence-electron chi connectivity index (χ0n) is 10.3. The molecule has 3 nitrogen and oxygen atoms in total. The zero-order valence-corrected chi connectivity index (χ0v) is 10.3. The van der Waals surface area contributed by atoms with Crippen LogP contribution in [0.25, 0.3) is 0 Å². The summed E-state index contributed by atoms with van der Waals surface area (Å²) in [5.74, 6) is 0. The Balaban J connectivity index is 1.86. The van der Waals surface area contributed by atoms with Crippen molar-refractivity contribution in [2.24, 2.45) is 5.41 Å². The van der Waals surface area contributed by atoms with E-state index in [2.05, 4.69) is 24.1 Å². The Kier molecular flexibility index (Phi) is 3.33. The first kappa shape index (κ1) is 11.4. The van der Waals surface area contributed by atoms with Crippen molar-refractivity contribution in [3.8, 4) is 0 Å². The fourth-order valence-corrected chi connectivity index (χ4v) is 2.50. The van der Waals surface area contributed by atoms with Crippen LogP contribution < -0.4 is 5.32 Å². The van der Waals surface area contributed by atoms with Crippen LogP contribution in [0.5, 0.6) is 0 Å². The van der Waals surface area contributed by atoms with Gasteiger partial charge in [0.2, 0.25) is 0 Å². The van der Waals surface area contributed by atoms with Crippen LogP contribution in [0.1, 0.15) is 26.7 Å². The molecule has 1 aliphatic carbocycles. The Labute approximate surface area is 93.2 Å². The van der Waals surface area contributed by atoms with Crippen LogP contribution in [0, 0.1) is 5.41 Å². The topological polar surface area (TPSA) is 24.5 Å². The van der Waals surface area contributed by atoms with E-state index < -0.39 is 0 Å². The molecule has 15 heavy (non-hydrogen) atoms. The Bertz CT molecular complexity index is 214. The Morgan fingerprint density at radius 3 is 2.87 bits per heavy atom. The van der Waals surface area contributed by atoms with E-state index in [-0.39, 0.29) is 0 Å². The van der Waals surface area contributed by atoms with Gasteiger partial charge in [0.15, 0.2) is 0 Å². The lowest BCUT2D eigenvalue weighted by Crippen LogP contribution is -2.51. The summed E-state index contributed by atoms with van der Waals surface area (Å²) in [5.41, 5.74) is 0.599. The third-order valence-corrected chi connectivity index (χ3v) is 4.20. The molecule has 1 saturated heterocycles. The standard InChI is InChI=1S/C12H24N2O/c1-10(12(2)4-5-12)14-6-7-15-11(9-14)8-13-3/h10-11,13H,4-9H2,1-3H3. The summed E-state index contributed by atoms with van der Waals surface area (Å²) in [7, 11) is 1.99. The molecule has 3 heteroatoms. The van der Waals surface area contributed by atoms with E-state index in [9.17, 15) is 0 Å². The predicted molar refractivity (Wildman–Crippen MR) is 62.0 cm³/mol. The van der Waals surface area contributed by atoms with Crippen molar-refractivity contribution in [2.45, 2.75) is 38.8 Å². The summed E-state index contributed by atoms with van der Waals surface area (Å²) in [6.45, 7) is 8.87. The maximum atomic E-state index is 5.73. The zero-order chi connectivity index (χ0) is 10.9. The fraction of sp³-hybridized carbons (Fsp3) is 1.00. The summed E-state index contributed by atoms with van der Waals surface area (Å²) >= 11 is 0. The van der Waals surface area contributed by atoms with Crippen molar-refractivity contribution in [3.63, 3.8) is 0 Å². The molecule has 2 rings (SSSR count). The first-order valence-electron chi connectivity index (χ1n) is 6.16. The lowest BCUT2D eigenvalue weighted by molar-refractivity contribution is -0.0481. The number of nitrogens with zero attached hydrogens (tertiary/aromatic N) is 1. The largest absolute Gasteiger partial charge is 0.374 e. The highest BCUT2D eigenvalue weighted by atomic mass is 16.5. The highest BCUT2D eigenvalue weighted by molar-refractivity contribution is 4.98. The van der Waals surface area contributed by atoms with Crippen LogP contribution in [0.15, 0.2) is 0 Å². The molecule has 2 fully saturated rings. The minimum Gasteiger partial charge on any atom is -0.374 e. The monoisotopic (exact) mass is 212 g/mol. The van der Waals surface area contributed by atoms with Gasteiger partial charge >= 0.3 is 0 Å². The lowest BCUT2D eigenvalue weighted by atomic mass is 9.98. The third-order valence-electron chi connectivity index (χ3n) is 4.20. The summed E-state index contributed by atoms with van der Waals surface area (Å²) in [5, 5.41) is 3.20. The maximum Gasteiger partial charge on any atom is 0.0826 e. The highest BCUT2D eigenvalue weighted by Crippen LogP contribution is 2.49. The van der Waals surface area contributed by atoms with E-state index in [1.165, 1.54) is 12.8 Å². The fourth-order valence-electron chi connectivity index (χ4n) is 2.50. The second-order valence-corrected chi connectivity index (χ2v) is 5.38. The van der Waals surface area contributed by atoms with Crippen LogP contribution in [0.2, 0.25) is 0 Å². The van der Waals surface area contributed by atoms with Gasteiger partial charge in [-0.3, -0.25) is 4.90 Å². The van der Waals surface area contributed by atoms with Crippen LogP contribution >= 0.6 is 0 Å². The van der Waals surface area contributed by atoms with Gasteiger partial charge in [-0.15, -0.1) is 0 Å². The number of morpholine rings is 1. The predicted octanol–water partition coefficient (Wildman–Crippen LogP) is 1.10. The molecule has 0 aromatic heterocycles. The third kappa shape index (κ3) is 2.52. The van der Waals surface area contributed by atoms with Gasteiger partial charge in [-0.2, -0.15) is 0 Å². The highest BCUT2D eigenvalue weighted by Gasteiger charge is 2.45. The summed E-state index contributed by atoms with van der Waals surface area (Å²) in [6.07, 6.45) is 3.19. The molecule has 0 radical (unpaired) electrons. The van der Waals surface area contributed by atoms with E-state index in [1.54, 1.807) is 0 Å². The smallest absolute Gasteiger partial charge is 0.0826 e. The first-order chi connectivity index (χ1) is 7.15. The molecule has 0 spiro atoms. The van der Waals surface area contributed by atoms with Crippen molar-refractivity contribution in [3.05, 3.63) is 0 Å². The van der Waals surface area contributed by atoms with Gasteiger partial charge in [0.1, 0.15) is 0 Å². The molecule has 1 heterocycles. The Morgan fingerprint density at radius 1 is 1.53 bits per heavy atom. The van der Waals surface area contributed by atoms with E-state index >= 15 is 0 Å². The van der Waals surface area contributed by atoms with Crippen LogP contribution in [-0.4, -0.2) is 50.3 Å². The van der Waals surface area contributed by atoms with Crippen molar-refractivity contribution in [1.29, 1.82) is 0 Å². The van der Waals surface area contributed by atoms with Gasteiger partial charge in [-0.25, -0.2) is 0 Å². The van der Waals surface area contributed by atoms with E-state index in [0.29, 0.717) is 11.5 Å². The maximum absolute atomic E-state index is 5.73. The molecule has 0 aromatic rings. The molecule has 2 atom stereocenters. The number of hydrogen-bond donors (Lipinski definition) is 1. The summed E-state index contributed by atoms with van der Waals surface area (Å²) in [6, 6.07) is 0.723. The first-order valence-corrected chi connectivity index (χ1v) is 6.16. The van der Waals surface area contributed by atoms with Gasteiger partial charge < -0.3 is 10.1 Å². The Morgan fingerprint density at radius 2 is 2.27 bits per heavy atom. The molecule has 0 aromatic carbocycles. The van der Waals surface area contributed by atoms with E-state index in [1.807, 2.05) is 7.05 Å². The second kappa shape index (κ2) is 4.40. The molecule has 88 valence electrons. The van der Waals surface area contributed by atoms with Crippen LogP contribution in [0.4, 0.5) is 0 Å². The van der Waals surface area contributed by atoms with Gasteiger partial charge in [-0.05, 0) is 32.2 Å². The Hall–Kier alpha value is -0.120. The van der Waals surface area contributed by atoms with Crippen molar-refractivity contribution >= 4 is 0 Å². The molecule has 1 N–H and O–H groups in total. The van der Waals surface area contributed by atoms with E-state index in [0.717, 1.165) is 32.3 Å². The quantitative estimate of drug-likeness (QED) is 0.755. The molecule has 0 amide bonds. The minimum absolute atomic E-state index is 0.383. The second-order valence-electron chi connectivity index (χ2n) is 5.38. The molecule has 0 bridgehead atoms. The van der Waals surface area contributed by atoms with Crippen LogP contribution in [0.3, 0.4) is 0 Å². The minimum atomic E-state index is 0.383. The SMILES string of the molecule is CNCC1CN(C(C)C2(C)CC2)CCO1. The number of ether oxygens (including phenoxy) is 1.